The molecule has 2 aromatic carbocycles. The lowest BCUT2D eigenvalue weighted by Gasteiger charge is -2.33. The number of aryl methyl sites for hydroxylation is 1. The molecule has 0 saturated carbocycles. The largest absolute Gasteiger partial charge is 0.441 e. The van der Waals surface area contributed by atoms with Crippen LogP contribution in [0, 0.1) is 6.92 Å². The van der Waals surface area contributed by atoms with E-state index in [9.17, 15) is 31.4 Å². The minimum absolute atomic E-state index is 0.157. The molecule has 1 aliphatic heterocycles. The van der Waals surface area contributed by atoms with E-state index in [1.807, 2.05) is 42.2 Å². The average Bonchev–Trinajstić information content (AvgIpc) is 3.28. The van der Waals surface area contributed by atoms with Crippen LogP contribution < -0.4 is 4.90 Å². The summed E-state index contributed by atoms with van der Waals surface area (Å²) < 4.78 is 85.4. The highest BCUT2D eigenvalue weighted by molar-refractivity contribution is 5.61. The van der Waals surface area contributed by atoms with Gasteiger partial charge >= 0.3 is 12.4 Å². The summed E-state index contributed by atoms with van der Waals surface area (Å²) in [6.07, 6.45) is -11.1. The lowest BCUT2D eigenvalue weighted by atomic mass is 9.90. The van der Waals surface area contributed by atoms with Crippen molar-refractivity contribution in [1.82, 2.24) is 4.98 Å². The van der Waals surface area contributed by atoms with Crippen molar-refractivity contribution in [2.24, 2.45) is 0 Å². The highest BCUT2D eigenvalue weighted by Crippen LogP contribution is 2.51. The maximum absolute atomic E-state index is 13.3. The summed E-state index contributed by atoms with van der Waals surface area (Å²) in [5.74, 6) is 1.12. The number of rotatable bonds is 5. The van der Waals surface area contributed by atoms with E-state index >= 15 is 0 Å². The number of halogens is 6. The van der Waals surface area contributed by atoms with Crippen LogP contribution in [0.2, 0.25) is 0 Å². The normalized spacial score (nSPS) is 16.7. The van der Waals surface area contributed by atoms with E-state index in [1.165, 1.54) is 6.07 Å². The smallest absolute Gasteiger partial charge is 0.430 e. The highest BCUT2D eigenvalue weighted by Gasteiger charge is 2.71. The quantitative estimate of drug-likeness (QED) is 0.455. The maximum atomic E-state index is 13.3. The summed E-state index contributed by atoms with van der Waals surface area (Å²) in [7, 11) is 0. The van der Waals surface area contributed by atoms with Crippen LogP contribution in [-0.2, 0) is 18.4 Å². The number of anilines is 1. The Morgan fingerprint density at radius 3 is 2.29 bits per heavy atom. The van der Waals surface area contributed by atoms with E-state index in [1.54, 1.807) is 6.92 Å². The third kappa shape index (κ3) is 4.04. The van der Waals surface area contributed by atoms with Gasteiger partial charge in [-0.25, -0.2) is 4.98 Å². The fourth-order valence-corrected chi connectivity index (χ4v) is 4.34. The molecular weight excluding hydrogens is 462 g/mol. The second kappa shape index (κ2) is 8.33. The summed E-state index contributed by atoms with van der Waals surface area (Å²) in [4.78, 5) is 6.46. The molecular formula is C24H22F6N2O2. The van der Waals surface area contributed by atoms with Gasteiger partial charge in [-0.05, 0) is 44.0 Å². The predicted molar refractivity (Wildman–Crippen MR) is 113 cm³/mol. The molecule has 3 aromatic rings. The number of oxazole rings is 1. The topological polar surface area (TPSA) is 49.5 Å². The van der Waals surface area contributed by atoms with E-state index in [0.717, 1.165) is 17.3 Å². The molecule has 4 rings (SSSR count). The maximum Gasteiger partial charge on any atom is 0.430 e. The molecule has 1 unspecified atom stereocenters. The Balaban J connectivity index is 1.57. The number of benzene rings is 2. The molecule has 10 heteroatoms. The van der Waals surface area contributed by atoms with Gasteiger partial charge in [0, 0.05) is 35.8 Å². The van der Waals surface area contributed by atoms with Crippen LogP contribution in [0.25, 0.3) is 11.5 Å². The van der Waals surface area contributed by atoms with Gasteiger partial charge in [0.2, 0.25) is 5.89 Å². The Morgan fingerprint density at radius 2 is 1.68 bits per heavy atom. The summed E-state index contributed by atoms with van der Waals surface area (Å²) in [5, 5.41) is 9.72. The van der Waals surface area contributed by atoms with Crippen molar-refractivity contribution in [3.63, 3.8) is 0 Å². The lowest BCUT2D eigenvalue weighted by Crippen LogP contribution is -2.53. The predicted octanol–water partition coefficient (Wildman–Crippen LogP) is 5.96. The van der Waals surface area contributed by atoms with Crippen LogP contribution >= 0.6 is 0 Å². The van der Waals surface area contributed by atoms with Crippen molar-refractivity contribution in [2.75, 3.05) is 11.4 Å². The summed E-state index contributed by atoms with van der Waals surface area (Å²) >= 11 is 0. The van der Waals surface area contributed by atoms with Gasteiger partial charge in [-0.1, -0.05) is 30.3 Å². The Morgan fingerprint density at radius 1 is 1.03 bits per heavy atom. The minimum atomic E-state index is -5.91. The van der Waals surface area contributed by atoms with E-state index in [-0.39, 0.29) is 12.5 Å². The SMILES string of the molecule is Cc1oc(-c2ccccc2)nc1CCN1c2ccc(C(O)(C(F)(F)F)C(F)(F)F)cc2CC1C. The highest BCUT2D eigenvalue weighted by atomic mass is 19.4. The molecule has 34 heavy (non-hydrogen) atoms. The molecule has 1 atom stereocenters. The van der Waals surface area contributed by atoms with Gasteiger partial charge in [-0.3, -0.25) is 0 Å². The zero-order valence-corrected chi connectivity index (χ0v) is 18.3. The first-order chi connectivity index (χ1) is 15.8. The van der Waals surface area contributed by atoms with Gasteiger partial charge in [0.25, 0.3) is 5.60 Å². The second-order valence-corrected chi connectivity index (χ2v) is 8.43. The summed E-state index contributed by atoms with van der Waals surface area (Å²) in [6, 6.07) is 11.9. The number of hydrogen-bond acceptors (Lipinski definition) is 4. The number of hydrogen-bond donors (Lipinski definition) is 1. The Labute approximate surface area is 191 Å². The average molecular weight is 484 g/mol. The first-order valence-corrected chi connectivity index (χ1v) is 10.6. The fourth-order valence-electron chi connectivity index (χ4n) is 4.34. The van der Waals surface area contributed by atoms with E-state index in [2.05, 4.69) is 4.98 Å². The van der Waals surface area contributed by atoms with Crippen molar-refractivity contribution < 1.29 is 35.9 Å². The Bertz CT molecular complexity index is 1160. The van der Waals surface area contributed by atoms with E-state index in [4.69, 9.17) is 4.42 Å². The number of aromatic nitrogens is 1. The zero-order valence-electron chi connectivity index (χ0n) is 18.3. The van der Waals surface area contributed by atoms with Crippen LogP contribution in [-0.4, -0.2) is 35.0 Å². The molecule has 0 saturated heterocycles. The Hall–Kier alpha value is -3.01. The number of nitrogens with zero attached hydrogens (tertiary/aromatic N) is 2. The fraction of sp³-hybridized carbons (Fsp3) is 0.375. The molecule has 0 spiro atoms. The molecule has 182 valence electrons. The first-order valence-electron chi connectivity index (χ1n) is 10.6. The molecule has 0 radical (unpaired) electrons. The number of fused-ring (bicyclic) bond motifs is 1. The third-order valence-corrected chi connectivity index (χ3v) is 6.18. The van der Waals surface area contributed by atoms with Gasteiger partial charge in [0.05, 0.1) is 5.69 Å². The molecule has 1 N–H and O–H groups in total. The van der Waals surface area contributed by atoms with Gasteiger partial charge in [0.1, 0.15) is 5.76 Å². The van der Waals surface area contributed by atoms with Gasteiger partial charge in [-0.15, -0.1) is 0 Å². The molecule has 1 aliphatic rings. The standard InChI is InChI=1S/C24H22F6N2O2/c1-14-12-17-13-18(22(33,23(25,26)27)24(28,29)30)8-9-20(17)32(14)11-10-19-15(2)34-21(31-19)16-6-4-3-5-7-16/h3-9,13-14,33H,10-12H2,1-2H3. The van der Waals surface area contributed by atoms with Crippen LogP contribution in [0.5, 0.6) is 0 Å². The van der Waals surface area contributed by atoms with E-state index < -0.39 is 23.5 Å². The van der Waals surface area contributed by atoms with Gasteiger partial charge < -0.3 is 14.4 Å². The molecule has 4 nitrogen and oxygen atoms in total. The molecule has 0 bridgehead atoms. The van der Waals surface area contributed by atoms with Gasteiger partial charge in [0.15, 0.2) is 0 Å². The van der Waals surface area contributed by atoms with Crippen molar-refractivity contribution in [3.8, 4) is 11.5 Å². The number of alkyl halides is 6. The van der Waals surface area contributed by atoms with Crippen LogP contribution in [0.3, 0.4) is 0 Å². The molecule has 0 amide bonds. The first kappa shape index (κ1) is 24.1. The van der Waals surface area contributed by atoms with Crippen LogP contribution in [0.1, 0.15) is 29.5 Å². The van der Waals surface area contributed by atoms with Gasteiger partial charge in [-0.2, -0.15) is 26.3 Å². The van der Waals surface area contributed by atoms with Crippen molar-refractivity contribution in [2.45, 2.75) is 50.7 Å². The molecule has 0 aliphatic carbocycles. The van der Waals surface area contributed by atoms with Crippen LogP contribution in [0.15, 0.2) is 52.9 Å². The third-order valence-electron chi connectivity index (χ3n) is 6.18. The molecule has 0 fully saturated rings. The van der Waals surface area contributed by atoms with Crippen molar-refractivity contribution in [3.05, 3.63) is 71.1 Å². The zero-order chi connectivity index (χ0) is 24.9. The second-order valence-electron chi connectivity index (χ2n) is 8.43. The van der Waals surface area contributed by atoms with E-state index in [0.29, 0.717) is 41.9 Å². The minimum Gasteiger partial charge on any atom is -0.441 e. The van der Waals surface area contributed by atoms with Crippen molar-refractivity contribution in [1.29, 1.82) is 0 Å². The number of aliphatic hydroxyl groups is 1. The monoisotopic (exact) mass is 484 g/mol. The van der Waals surface area contributed by atoms with Crippen molar-refractivity contribution >= 4 is 5.69 Å². The summed E-state index contributed by atoms with van der Waals surface area (Å²) in [5.41, 5.74) is -3.77. The van der Waals surface area contributed by atoms with Crippen LogP contribution in [0.4, 0.5) is 32.0 Å². The molecule has 1 aromatic heterocycles. The summed E-state index contributed by atoms with van der Waals surface area (Å²) in [6.45, 7) is 4.07. The lowest BCUT2D eigenvalue weighted by molar-refractivity contribution is -0.376. The Kier molecular flexibility index (Phi) is 5.91. The molecule has 2 heterocycles.